The van der Waals surface area contributed by atoms with Crippen molar-refractivity contribution >= 4 is 0 Å². The summed E-state index contributed by atoms with van der Waals surface area (Å²) in [6, 6.07) is 0. The minimum absolute atomic E-state index is 0.134. The van der Waals surface area contributed by atoms with Gasteiger partial charge in [0.1, 0.15) is 0 Å². The van der Waals surface area contributed by atoms with Crippen LogP contribution in [0.25, 0.3) is 0 Å². The third-order valence-electron chi connectivity index (χ3n) is 2.28. The molecule has 2 atom stereocenters. The standard InChI is InChI=1S/C8H12NO4/c1-12-7-5-3-4-6-8(7,13-2)9(10)11/h3,7H,5-6H2,1-2H3/t7?,8-/m1/s1. The summed E-state index contributed by atoms with van der Waals surface area (Å²) in [5, 5.41) is 10.8. The molecule has 73 valence electrons. The number of rotatable bonds is 3. The molecule has 0 spiro atoms. The lowest BCUT2D eigenvalue weighted by molar-refractivity contribution is -0.641. The highest BCUT2D eigenvalue weighted by Gasteiger charge is 2.52. The van der Waals surface area contributed by atoms with Gasteiger partial charge >= 0.3 is 5.72 Å². The number of nitrogens with zero attached hydrogens (tertiary/aromatic N) is 1. The summed E-state index contributed by atoms with van der Waals surface area (Å²) in [7, 11) is 2.77. The van der Waals surface area contributed by atoms with E-state index < -0.39 is 16.8 Å². The van der Waals surface area contributed by atoms with Gasteiger partial charge in [-0.1, -0.05) is 6.08 Å². The number of ether oxygens (including phenoxy) is 2. The monoisotopic (exact) mass is 186 g/mol. The number of methoxy groups -OCH3 is 2. The van der Waals surface area contributed by atoms with Crippen molar-refractivity contribution < 1.29 is 14.4 Å². The minimum Gasteiger partial charge on any atom is -0.371 e. The molecule has 0 fully saturated rings. The van der Waals surface area contributed by atoms with Crippen molar-refractivity contribution in [1.29, 1.82) is 0 Å². The molecular formula is C8H12NO4. The summed E-state index contributed by atoms with van der Waals surface area (Å²) >= 11 is 0. The summed E-state index contributed by atoms with van der Waals surface area (Å²) in [5.74, 6) is 0. The number of hydrogen-bond acceptors (Lipinski definition) is 4. The van der Waals surface area contributed by atoms with E-state index in [1.165, 1.54) is 14.2 Å². The van der Waals surface area contributed by atoms with Gasteiger partial charge in [-0.2, -0.15) is 0 Å². The molecule has 0 saturated carbocycles. The molecule has 0 heterocycles. The van der Waals surface area contributed by atoms with Gasteiger partial charge in [-0.15, -0.1) is 0 Å². The predicted octanol–water partition coefficient (Wildman–Crippen LogP) is 0.774. The smallest absolute Gasteiger partial charge is 0.354 e. The average molecular weight is 186 g/mol. The van der Waals surface area contributed by atoms with E-state index in [0.717, 1.165) is 0 Å². The maximum Gasteiger partial charge on any atom is 0.354 e. The van der Waals surface area contributed by atoms with E-state index in [-0.39, 0.29) is 6.42 Å². The largest absolute Gasteiger partial charge is 0.371 e. The van der Waals surface area contributed by atoms with Crippen LogP contribution in [0.2, 0.25) is 0 Å². The summed E-state index contributed by atoms with van der Waals surface area (Å²) in [5.41, 5.74) is -1.45. The van der Waals surface area contributed by atoms with Gasteiger partial charge in [-0.3, -0.25) is 10.1 Å². The van der Waals surface area contributed by atoms with Gasteiger partial charge in [-0.05, 0) is 6.08 Å². The first kappa shape index (κ1) is 10.1. The Hall–Kier alpha value is -0.940. The molecule has 1 aliphatic rings. The fourth-order valence-corrected chi connectivity index (χ4v) is 1.45. The Morgan fingerprint density at radius 1 is 1.69 bits per heavy atom. The first-order chi connectivity index (χ1) is 6.17. The predicted molar refractivity (Wildman–Crippen MR) is 44.6 cm³/mol. The van der Waals surface area contributed by atoms with Gasteiger partial charge < -0.3 is 9.47 Å². The quantitative estimate of drug-likeness (QED) is 0.371. The second kappa shape index (κ2) is 3.85. The van der Waals surface area contributed by atoms with Crippen LogP contribution < -0.4 is 0 Å². The van der Waals surface area contributed by atoms with E-state index in [9.17, 15) is 10.1 Å². The lowest BCUT2D eigenvalue weighted by Crippen LogP contribution is -2.52. The molecule has 0 bridgehead atoms. The topological polar surface area (TPSA) is 61.6 Å². The first-order valence-corrected chi connectivity index (χ1v) is 3.95. The zero-order valence-electron chi connectivity index (χ0n) is 7.65. The molecule has 13 heavy (non-hydrogen) atoms. The second-order valence-electron chi connectivity index (χ2n) is 2.85. The summed E-state index contributed by atoms with van der Waals surface area (Å²) in [6.07, 6.45) is 4.61. The van der Waals surface area contributed by atoms with E-state index in [1.54, 1.807) is 6.08 Å². The Kier molecular flexibility index (Phi) is 3.00. The van der Waals surface area contributed by atoms with Crippen LogP contribution in [0.5, 0.6) is 0 Å². The molecule has 1 unspecified atom stereocenters. The molecule has 1 rings (SSSR count). The highest BCUT2D eigenvalue weighted by molar-refractivity contribution is 4.95. The molecule has 5 nitrogen and oxygen atoms in total. The van der Waals surface area contributed by atoms with Crippen molar-refractivity contribution in [3.05, 3.63) is 22.3 Å². The van der Waals surface area contributed by atoms with Gasteiger partial charge in [0.25, 0.3) is 0 Å². The number of hydrogen-bond donors (Lipinski definition) is 0. The van der Waals surface area contributed by atoms with Crippen LogP contribution in [0.15, 0.2) is 6.08 Å². The van der Waals surface area contributed by atoms with Crippen molar-refractivity contribution in [2.24, 2.45) is 0 Å². The van der Waals surface area contributed by atoms with Crippen LogP contribution in [0.3, 0.4) is 0 Å². The third-order valence-corrected chi connectivity index (χ3v) is 2.28. The Morgan fingerprint density at radius 2 is 2.38 bits per heavy atom. The molecule has 0 aromatic heterocycles. The zero-order chi connectivity index (χ0) is 9.90. The van der Waals surface area contributed by atoms with Gasteiger partial charge in [0.2, 0.25) is 0 Å². The molecule has 0 amide bonds. The van der Waals surface area contributed by atoms with Crippen molar-refractivity contribution in [2.75, 3.05) is 14.2 Å². The third kappa shape index (κ3) is 1.57. The minimum atomic E-state index is -1.45. The molecule has 0 saturated heterocycles. The molecule has 0 aliphatic heterocycles. The fourth-order valence-electron chi connectivity index (χ4n) is 1.45. The number of nitro groups is 1. The van der Waals surface area contributed by atoms with Crippen molar-refractivity contribution in [2.45, 2.75) is 24.7 Å². The second-order valence-corrected chi connectivity index (χ2v) is 2.85. The van der Waals surface area contributed by atoms with Crippen LogP contribution >= 0.6 is 0 Å². The van der Waals surface area contributed by atoms with E-state index in [1.807, 2.05) is 0 Å². The zero-order valence-corrected chi connectivity index (χ0v) is 7.65. The van der Waals surface area contributed by atoms with Gasteiger partial charge in [0.05, 0.1) is 11.3 Å². The summed E-state index contributed by atoms with van der Waals surface area (Å²) in [4.78, 5) is 10.4. The van der Waals surface area contributed by atoms with E-state index in [2.05, 4.69) is 6.08 Å². The van der Waals surface area contributed by atoms with Crippen molar-refractivity contribution in [3.63, 3.8) is 0 Å². The normalized spacial score (nSPS) is 33.2. The summed E-state index contributed by atoms with van der Waals surface area (Å²) < 4.78 is 9.96. The highest BCUT2D eigenvalue weighted by atomic mass is 16.7. The lowest BCUT2D eigenvalue weighted by atomic mass is 9.94. The molecule has 5 heteroatoms. The van der Waals surface area contributed by atoms with Crippen molar-refractivity contribution in [1.82, 2.24) is 0 Å². The summed E-state index contributed by atoms with van der Waals surface area (Å²) in [6.45, 7) is 0. The van der Waals surface area contributed by atoms with Gasteiger partial charge in [0, 0.05) is 20.6 Å². The van der Waals surface area contributed by atoms with Crippen LogP contribution in [-0.4, -0.2) is 31.0 Å². The maximum absolute atomic E-state index is 10.8. The van der Waals surface area contributed by atoms with Crippen molar-refractivity contribution in [3.8, 4) is 0 Å². The fraction of sp³-hybridized carbons (Fsp3) is 0.750. The van der Waals surface area contributed by atoms with E-state index >= 15 is 0 Å². The maximum atomic E-state index is 10.8. The SMILES string of the molecule is COC1CC=[C]C[C@]1(OC)[N+](=O)[O-]. The Bertz CT molecular complexity index is 228. The molecule has 0 aromatic carbocycles. The van der Waals surface area contributed by atoms with Gasteiger partial charge in [0.15, 0.2) is 6.10 Å². The molecule has 1 radical (unpaired) electrons. The Labute approximate surface area is 76.5 Å². The van der Waals surface area contributed by atoms with Crippen LogP contribution in [0, 0.1) is 16.2 Å². The van der Waals surface area contributed by atoms with Crippen LogP contribution in [0.1, 0.15) is 12.8 Å². The average Bonchev–Trinajstić information content (AvgIpc) is 2.17. The van der Waals surface area contributed by atoms with Gasteiger partial charge in [-0.25, -0.2) is 0 Å². The van der Waals surface area contributed by atoms with Crippen LogP contribution in [0.4, 0.5) is 0 Å². The molecule has 0 aromatic rings. The molecular weight excluding hydrogens is 174 g/mol. The van der Waals surface area contributed by atoms with Crippen LogP contribution in [-0.2, 0) is 9.47 Å². The van der Waals surface area contributed by atoms with E-state index in [4.69, 9.17) is 9.47 Å². The Balaban J connectivity index is 2.93. The Morgan fingerprint density at radius 3 is 2.77 bits per heavy atom. The molecule has 0 N–H and O–H groups in total. The first-order valence-electron chi connectivity index (χ1n) is 3.95. The lowest BCUT2D eigenvalue weighted by Gasteiger charge is -2.31. The highest BCUT2D eigenvalue weighted by Crippen LogP contribution is 2.29. The van der Waals surface area contributed by atoms with E-state index in [0.29, 0.717) is 6.42 Å². The molecule has 1 aliphatic carbocycles.